The minimum Gasteiger partial charge on any atom is -0.473 e. The van der Waals surface area contributed by atoms with Crippen molar-refractivity contribution in [3.05, 3.63) is 46.4 Å². The van der Waals surface area contributed by atoms with Crippen molar-refractivity contribution in [2.24, 2.45) is 0 Å². The number of nitrogens with zero attached hydrogens (tertiary/aromatic N) is 2. The van der Waals surface area contributed by atoms with Gasteiger partial charge in [0.15, 0.2) is 0 Å². The van der Waals surface area contributed by atoms with Crippen LogP contribution in [0, 0.1) is 5.82 Å². The smallest absolute Gasteiger partial charge is 0.212 e. The Balaban J connectivity index is 0.00000243. The fourth-order valence-electron chi connectivity index (χ4n) is 3.03. The number of hydrogen-bond donors (Lipinski definition) is 0. The van der Waals surface area contributed by atoms with Crippen LogP contribution in [0.2, 0.25) is 5.02 Å². The van der Waals surface area contributed by atoms with Gasteiger partial charge in [-0.05, 0) is 43.9 Å². The molecule has 1 fully saturated rings. The maximum Gasteiger partial charge on any atom is 0.212 e. The van der Waals surface area contributed by atoms with Crippen LogP contribution < -0.4 is 4.74 Å². The Bertz CT molecular complexity index is 703. The third-order valence-electron chi connectivity index (χ3n) is 4.33. The molecule has 1 atom stereocenters. The first-order valence-corrected chi connectivity index (χ1v) is 9.28. The molecule has 1 aliphatic heterocycles. The molecule has 4 nitrogen and oxygen atoms in total. The first-order chi connectivity index (χ1) is 12.2. The van der Waals surface area contributed by atoms with Crippen LogP contribution in [-0.2, 0) is 24.3 Å². The standard InChI is InChI=1S/C19H24ClFN2O2.ClH/c1-2-5-16-11-19(23(22-16)12-17-6-3-4-9-24-17)25-13-14-10-15(20)7-8-18(14)21;/h7-8,10-11,17H,2-6,9,12-13H2,1H3;1H. The molecule has 7 heteroatoms. The zero-order valence-corrected chi connectivity index (χ0v) is 16.5. The number of benzene rings is 1. The van der Waals surface area contributed by atoms with Crippen LogP contribution in [-0.4, -0.2) is 22.5 Å². The summed E-state index contributed by atoms with van der Waals surface area (Å²) in [5.41, 5.74) is 1.42. The van der Waals surface area contributed by atoms with Gasteiger partial charge >= 0.3 is 0 Å². The lowest BCUT2D eigenvalue weighted by Gasteiger charge is -2.23. The quantitative estimate of drug-likeness (QED) is 0.638. The Morgan fingerprint density at radius 3 is 2.92 bits per heavy atom. The van der Waals surface area contributed by atoms with E-state index in [0.717, 1.165) is 38.0 Å². The molecule has 1 aromatic heterocycles. The summed E-state index contributed by atoms with van der Waals surface area (Å²) in [5, 5.41) is 5.13. The van der Waals surface area contributed by atoms with Crippen molar-refractivity contribution in [2.75, 3.05) is 6.61 Å². The van der Waals surface area contributed by atoms with E-state index in [2.05, 4.69) is 12.0 Å². The summed E-state index contributed by atoms with van der Waals surface area (Å²) in [5.74, 6) is 0.330. The van der Waals surface area contributed by atoms with E-state index in [1.807, 2.05) is 10.7 Å². The van der Waals surface area contributed by atoms with Crippen molar-refractivity contribution in [2.45, 2.75) is 58.3 Å². The van der Waals surface area contributed by atoms with Crippen LogP contribution in [0.5, 0.6) is 5.88 Å². The van der Waals surface area contributed by atoms with Gasteiger partial charge in [0.25, 0.3) is 0 Å². The highest BCUT2D eigenvalue weighted by Gasteiger charge is 2.18. The molecule has 2 aromatic rings. The first kappa shape index (κ1) is 21.0. The molecule has 0 aliphatic carbocycles. The van der Waals surface area contributed by atoms with Gasteiger partial charge in [0, 0.05) is 23.3 Å². The lowest BCUT2D eigenvalue weighted by atomic mass is 10.1. The van der Waals surface area contributed by atoms with Gasteiger partial charge in [0.05, 0.1) is 18.3 Å². The van der Waals surface area contributed by atoms with Crippen LogP contribution in [0.15, 0.2) is 24.3 Å². The second-order valence-corrected chi connectivity index (χ2v) is 6.86. The van der Waals surface area contributed by atoms with Crippen LogP contribution in [0.1, 0.15) is 43.9 Å². The molecule has 0 radical (unpaired) electrons. The number of aryl methyl sites for hydroxylation is 1. The summed E-state index contributed by atoms with van der Waals surface area (Å²) in [6.07, 6.45) is 5.39. The summed E-state index contributed by atoms with van der Waals surface area (Å²) in [7, 11) is 0. The molecule has 144 valence electrons. The molecule has 1 unspecified atom stereocenters. The molecule has 0 bridgehead atoms. The van der Waals surface area contributed by atoms with Crippen molar-refractivity contribution >= 4 is 24.0 Å². The number of ether oxygens (including phenoxy) is 2. The normalized spacial score (nSPS) is 17.0. The third-order valence-corrected chi connectivity index (χ3v) is 4.57. The van der Waals surface area contributed by atoms with E-state index >= 15 is 0 Å². The van der Waals surface area contributed by atoms with E-state index < -0.39 is 0 Å². The molecule has 0 spiro atoms. The van der Waals surface area contributed by atoms with Crippen molar-refractivity contribution in [3.8, 4) is 5.88 Å². The van der Waals surface area contributed by atoms with Gasteiger partial charge < -0.3 is 9.47 Å². The predicted octanol–water partition coefficient (Wildman–Crippen LogP) is 5.20. The van der Waals surface area contributed by atoms with E-state index in [0.29, 0.717) is 23.0 Å². The lowest BCUT2D eigenvalue weighted by molar-refractivity contribution is 0.00229. The van der Waals surface area contributed by atoms with E-state index in [1.165, 1.54) is 18.6 Å². The van der Waals surface area contributed by atoms with Gasteiger partial charge in [0.2, 0.25) is 5.88 Å². The molecule has 1 aliphatic rings. The number of aromatic nitrogens is 2. The van der Waals surface area contributed by atoms with Gasteiger partial charge in [-0.1, -0.05) is 24.9 Å². The first-order valence-electron chi connectivity index (χ1n) is 8.90. The van der Waals surface area contributed by atoms with Gasteiger partial charge in [-0.15, -0.1) is 12.4 Å². The fourth-order valence-corrected chi connectivity index (χ4v) is 3.22. The van der Waals surface area contributed by atoms with E-state index in [-0.39, 0.29) is 30.9 Å². The number of halogens is 3. The van der Waals surface area contributed by atoms with Gasteiger partial charge in [0.1, 0.15) is 12.4 Å². The maximum atomic E-state index is 13.9. The number of rotatable bonds is 7. The Labute approximate surface area is 165 Å². The van der Waals surface area contributed by atoms with Crippen molar-refractivity contribution in [3.63, 3.8) is 0 Å². The Kier molecular flexibility index (Phi) is 8.19. The largest absolute Gasteiger partial charge is 0.473 e. The minimum absolute atomic E-state index is 0. The average Bonchev–Trinajstić information content (AvgIpc) is 2.98. The summed E-state index contributed by atoms with van der Waals surface area (Å²) in [6, 6.07) is 6.42. The third kappa shape index (κ3) is 5.60. The molecular formula is C19H25Cl2FN2O2. The van der Waals surface area contributed by atoms with Gasteiger partial charge in [-0.25, -0.2) is 9.07 Å². The summed E-state index contributed by atoms with van der Waals surface area (Å²) in [6.45, 7) is 3.70. The van der Waals surface area contributed by atoms with E-state index in [4.69, 9.17) is 21.1 Å². The molecule has 1 saturated heterocycles. The highest BCUT2D eigenvalue weighted by Crippen LogP contribution is 2.22. The molecule has 3 rings (SSSR count). The molecular weight excluding hydrogens is 378 g/mol. The van der Waals surface area contributed by atoms with Crippen molar-refractivity contribution in [1.82, 2.24) is 9.78 Å². The summed E-state index contributed by atoms with van der Waals surface area (Å²) < 4.78 is 27.4. The minimum atomic E-state index is -0.320. The summed E-state index contributed by atoms with van der Waals surface area (Å²) >= 11 is 5.95. The molecule has 1 aromatic carbocycles. The predicted molar refractivity (Wildman–Crippen MR) is 103 cm³/mol. The van der Waals surface area contributed by atoms with Crippen LogP contribution >= 0.6 is 24.0 Å². The number of hydrogen-bond acceptors (Lipinski definition) is 3. The van der Waals surface area contributed by atoms with Crippen LogP contribution in [0.25, 0.3) is 0 Å². The second-order valence-electron chi connectivity index (χ2n) is 6.42. The van der Waals surface area contributed by atoms with Crippen LogP contribution in [0.4, 0.5) is 4.39 Å². The van der Waals surface area contributed by atoms with Crippen molar-refractivity contribution in [1.29, 1.82) is 0 Å². The fraction of sp³-hybridized carbons (Fsp3) is 0.526. The molecule has 0 N–H and O–H groups in total. The Morgan fingerprint density at radius 2 is 2.19 bits per heavy atom. The molecule has 0 saturated carbocycles. The monoisotopic (exact) mass is 402 g/mol. The Hall–Kier alpha value is -1.30. The SMILES string of the molecule is CCCc1cc(OCc2cc(Cl)ccc2F)n(CC2CCCCO2)n1.Cl. The highest BCUT2D eigenvalue weighted by atomic mass is 35.5. The average molecular weight is 403 g/mol. The molecule has 0 amide bonds. The maximum absolute atomic E-state index is 13.9. The Morgan fingerprint density at radius 1 is 1.35 bits per heavy atom. The van der Waals surface area contributed by atoms with E-state index in [1.54, 1.807) is 6.07 Å². The molecule has 26 heavy (non-hydrogen) atoms. The van der Waals surface area contributed by atoms with Crippen LogP contribution in [0.3, 0.4) is 0 Å². The topological polar surface area (TPSA) is 36.3 Å². The molecule has 2 heterocycles. The zero-order chi connectivity index (χ0) is 17.6. The van der Waals surface area contributed by atoms with Crippen molar-refractivity contribution < 1.29 is 13.9 Å². The van der Waals surface area contributed by atoms with E-state index in [9.17, 15) is 4.39 Å². The second kappa shape index (κ2) is 10.1. The van der Waals surface area contributed by atoms with Gasteiger partial charge in [-0.3, -0.25) is 0 Å². The lowest BCUT2D eigenvalue weighted by Crippen LogP contribution is -2.25. The summed E-state index contributed by atoms with van der Waals surface area (Å²) in [4.78, 5) is 0. The highest BCUT2D eigenvalue weighted by molar-refractivity contribution is 6.30. The zero-order valence-electron chi connectivity index (χ0n) is 14.9. The van der Waals surface area contributed by atoms with Gasteiger partial charge in [-0.2, -0.15) is 5.10 Å².